The lowest BCUT2D eigenvalue weighted by atomic mass is 10.1. The lowest BCUT2D eigenvalue weighted by Crippen LogP contribution is -2.57. The van der Waals surface area contributed by atoms with Crippen LogP contribution in [0.1, 0.15) is 24.2 Å². The Bertz CT molecular complexity index is 336. The second-order valence-corrected chi connectivity index (χ2v) is 4.77. The highest BCUT2D eigenvalue weighted by molar-refractivity contribution is 7.08. The summed E-state index contributed by atoms with van der Waals surface area (Å²) in [6.45, 7) is 5.92. The van der Waals surface area contributed by atoms with Gasteiger partial charge in [0.05, 0.1) is 5.56 Å². The summed E-state index contributed by atoms with van der Waals surface area (Å²) in [4.78, 5) is 14.1. The number of carbonyl (C=O) groups is 1. The summed E-state index contributed by atoms with van der Waals surface area (Å²) in [7, 11) is 0. The molecule has 2 unspecified atom stereocenters. The van der Waals surface area contributed by atoms with E-state index in [-0.39, 0.29) is 11.9 Å². The topological polar surface area (TPSA) is 32.3 Å². The van der Waals surface area contributed by atoms with Crippen molar-refractivity contribution < 1.29 is 4.79 Å². The number of thiophene rings is 1. The summed E-state index contributed by atoms with van der Waals surface area (Å²) in [6, 6.07) is 2.54. The van der Waals surface area contributed by atoms with Crippen LogP contribution in [-0.2, 0) is 0 Å². The molecule has 1 aliphatic rings. The zero-order valence-corrected chi connectivity index (χ0v) is 9.88. The second-order valence-electron chi connectivity index (χ2n) is 3.99. The van der Waals surface area contributed by atoms with Gasteiger partial charge in [-0.2, -0.15) is 11.3 Å². The number of hydrogen-bond donors (Lipinski definition) is 1. The van der Waals surface area contributed by atoms with Gasteiger partial charge in [0, 0.05) is 30.6 Å². The summed E-state index contributed by atoms with van der Waals surface area (Å²) < 4.78 is 0. The van der Waals surface area contributed by atoms with Crippen molar-refractivity contribution in [2.45, 2.75) is 25.9 Å². The van der Waals surface area contributed by atoms with Gasteiger partial charge in [-0.05, 0) is 25.3 Å². The van der Waals surface area contributed by atoms with Gasteiger partial charge in [0.25, 0.3) is 5.91 Å². The first kappa shape index (κ1) is 10.6. The van der Waals surface area contributed by atoms with Crippen LogP contribution in [-0.4, -0.2) is 36.0 Å². The summed E-state index contributed by atoms with van der Waals surface area (Å²) >= 11 is 1.57. The monoisotopic (exact) mass is 224 g/mol. The summed E-state index contributed by atoms with van der Waals surface area (Å²) in [5, 5.41) is 7.24. The van der Waals surface area contributed by atoms with E-state index in [1.807, 2.05) is 21.7 Å². The van der Waals surface area contributed by atoms with Gasteiger partial charge in [-0.25, -0.2) is 0 Å². The van der Waals surface area contributed by atoms with Crippen molar-refractivity contribution in [3.8, 4) is 0 Å². The van der Waals surface area contributed by atoms with E-state index in [4.69, 9.17) is 0 Å². The predicted octanol–water partition coefficient (Wildman–Crippen LogP) is 1.57. The van der Waals surface area contributed by atoms with Crippen LogP contribution in [0.5, 0.6) is 0 Å². The van der Waals surface area contributed by atoms with Crippen LogP contribution in [0.3, 0.4) is 0 Å². The highest BCUT2D eigenvalue weighted by atomic mass is 32.1. The van der Waals surface area contributed by atoms with Gasteiger partial charge in [-0.3, -0.25) is 4.79 Å². The van der Waals surface area contributed by atoms with Crippen molar-refractivity contribution in [3.63, 3.8) is 0 Å². The molecule has 1 aromatic heterocycles. The maximum Gasteiger partial charge on any atom is 0.255 e. The Morgan fingerprint density at radius 1 is 1.60 bits per heavy atom. The fraction of sp³-hybridized carbons (Fsp3) is 0.545. The van der Waals surface area contributed by atoms with Crippen LogP contribution in [0.2, 0.25) is 0 Å². The average Bonchev–Trinajstić information content (AvgIpc) is 2.74. The first-order chi connectivity index (χ1) is 7.20. The molecule has 0 aliphatic carbocycles. The lowest BCUT2D eigenvalue weighted by Gasteiger charge is -2.38. The molecular formula is C11H16N2OS. The number of amides is 1. The third kappa shape index (κ3) is 2.06. The Balaban J connectivity index is 2.13. The van der Waals surface area contributed by atoms with Crippen LogP contribution in [0, 0.1) is 0 Å². The van der Waals surface area contributed by atoms with Crippen LogP contribution in [0.4, 0.5) is 0 Å². The van der Waals surface area contributed by atoms with E-state index in [0.29, 0.717) is 6.04 Å². The molecule has 15 heavy (non-hydrogen) atoms. The van der Waals surface area contributed by atoms with Crippen molar-refractivity contribution in [2.75, 3.05) is 13.1 Å². The van der Waals surface area contributed by atoms with Crippen molar-refractivity contribution in [1.29, 1.82) is 0 Å². The molecular weight excluding hydrogens is 208 g/mol. The van der Waals surface area contributed by atoms with E-state index in [1.165, 1.54) is 0 Å². The molecule has 0 aromatic carbocycles. The molecule has 2 heterocycles. The molecule has 2 rings (SSSR count). The molecule has 1 aromatic rings. The molecule has 1 saturated heterocycles. The maximum absolute atomic E-state index is 12.1. The first-order valence-electron chi connectivity index (χ1n) is 5.26. The van der Waals surface area contributed by atoms with Gasteiger partial charge >= 0.3 is 0 Å². The summed E-state index contributed by atoms with van der Waals surface area (Å²) in [6.07, 6.45) is 0. The van der Waals surface area contributed by atoms with E-state index >= 15 is 0 Å². The number of piperazine rings is 1. The minimum Gasteiger partial charge on any atom is -0.333 e. The van der Waals surface area contributed by atoms with E-state index in [0.717, 1.165) is 18.7 Å². The second kappa shape index (κ2) is 4.33. The predicted molar refractivity (Wildman–Crippen MR) is 62.3 cm³/mol. The first-order valence-corrected chi connectivity index (χ1v) is 6.21. The Morgan fingerprint density at radius 3 is 3.07 bits per heavy atom. The largest absolute Gasteiger partial charge is 0.333 e. The van der Waals surface area contributed by atoms with Crippen LogP contribution in [0.25, 0.3) is 0 Å². The van der Waals surface area contributed by atoms with Crippen LogP contribution < -0.4 is 5.32 Å². The maximum atomic E-state index is 12.1. The molecule has 0 spiro atoms. The number of rotatable bonds is 1. The van der Waals surface area contributed by atoms with Gasteiger partial charge in [0.15, 0.2) is 0 Å². The van der Waals surface area contributed by atoms with Crippen molar-refractivity contribution in [3.05, 3.63) is 22.4 Å². The molecule has 0 bridgehead atoms. The third-order valence-electron chi connectivity index (χ3n) is 3.06. The Labute approximate surface area is 94.1 Å². The zero-order valence-electron chi connectivity index (χ0n) is 9.06. The van der Waals surface area contributed by atoms with E-state index in [2.05, 4.69) is 19.2 Å². The fourth-order valence-electron chi connectivity index (χ4n) is 1.90. The number of nitrogens with one attached hydrogen (secondary N) is 1. The Kier molecular flexibility index (Phi) is 3.07. The summed E-state index contributed by atoms with van der Waals surface area (Å²) in [5.74, 6) is 0.164. The molecule has 1 aliphatic heterocycles. The van der Waals surface area contributed by atoms with Gasteiger partial charge in [-0.1, -0.05) is 0 Å². The number of carbonyl (C=O) groups excluding carboxylic acids is 1. The van der Waals surface area contributed by atoms with E-state index < -0.39 is 0 Å². The minimum absolute atomic E-state index is 0.164. The summed E-state index contributed by atoms with van der Waals surface area (Å²) in [5.41, 5.74) is 0.820. The SMILES string of the molecule is CC1NCCN(C(=O)c2ccsc2)C1C. The average molecular weight is 224 g/mol. The highest BCUT2D eigenvalue weighted by Gasteiger charge is 2.28. The van der Waals surface area contributed by atoms with E-state index in [9.17, 15) is 4.79 Å². The Hall–Kier alpha value is -0.870. The lowest BCUT2D eigenvalue weighted by molar-refractivity contribution is 0.0603. The fourth-order valence-corrected chi connectivity index (χ4v) is 2.52. The third-order valence-corrected chi connectivity index (χ3v) is 3.75. The van der Waals surface area contributed by atoms with Gasteiger partial charge in [-0.15, -0.1) is 0 Å². The molecule has 2 atom stereocenters. The van der Waals surface area contributed by atoms with E-state index in [1.54, 1.807) is 11.3 Å². The minimum atomic E-state index is 0.164. The molecule has 4 heteroatoms. The van der Waals surface area contributed by atoms with Crippen LogP contribution >= 0.6 is 11.3 Å². The standard InChI is InChI=1S/C11H16N2OS/c1-8-9(2)13(5-4-12-8)11(14)10-3-6-15-7-10/h3,6-9,12H,4-5H2,1-2H3. The van der Waals surface area contributed by atoms with Crippen LogP contribution in [0.15, 0.2) is 16.8 Å². The zero-order chi connectivity index (χ0) is 10.8. The molecule has 82 valence electrons. The number of nitrogens with zero attached hydrogens (tertiary/aromatic N) is 1. The van der Waals surface area contributed by atoms with Gasteiger partial charge in [0.2, 0.25) is 0 Å². The van der Waals surface area contributed by atoms with Crippen molar-refractivity contribution in [2.24, 2.45) is 0 Å². The normalized spacial score (nSPS) is 26.7. The van der Waals surface area contributed by atoms with Crippen molar-refractivity contribution >= 4 is 17.2 Å². The molecule has 0 saturated carbocycles. The number of hydrogen-bond acceptors (Lipinski definition) is 3. The molecule has 0 radical (unpaired) electrons. The van der Waals surface area contributed by atoms with Gasteiger partial charge in [0.1, 0.15) is 0 Å². The molecule has 3 nitrogen and oxygen atoms in total. The quantitative estimate of drug-likeness (QED) is 0.785. The van der Waals surface area contributed by atoms with Gasteiger partial charge < -0.3 is 10.2 Å². The smallest absolute Gasteiger partial charge is 0.255 e. The Morgan fingerprint density at radius 2 is 2.40 bits per heavy atom. The molecule has 1 amide bonds. The molecule has 1 N–H and O–H groups in total. The molecule has 1 fully saturated rings. The highest BCUT2D eigenvalue weighted by Crippen LogP contribution is 2.15. The van der Waals surface area contributed by atoms with Crippen molar-refractivity contribution in [1.82, 2.24) is 10.2 Å².